The van der Waals surface area contributed by atoms with Crippen LogP contribution in [0, 0.1) is 18.2 Å². The lowest BCUT2D eigenvalue weighted by Crippen LogP contribution is -2.52. The molecule has 1 saturated heterocycles. The van der Waals surface area contributed by atoms with E-state index in [1.165, 1.54) is 17.2 Å². The zero-order valence-corrected chi connectivity index (χ0v) is 16.0. The number of H-pyrrole nitrogens is 1. The number of carbonyl (C=O) groups is 2. The smallest absolute Gasteiger partial charge is 0.295 e. The number of aromatic nitrogens is 1. The minimum Gasteiger partial charge on any atom is -0.360 e. The van der Waals surface area contributed by atoms with Gasteiger partial charge in [0.25, 0.3) is 11.7 Å². The number of fused-ring (bicyclic) bond motifs is 1. The zero-order valence-electron chi connectivity index (χ0n) is 16.0. The summed E-state index contributed by atoms with van der Waals surface area (Å²) in [6.07, 6.45) is 1.41. The molecule has 7 heteroatoms. The normalized spacial score (nSPS) is 14.3. The van der Waals surface area contributed by atoms with Gasteiger partial charge in [-0.3, -0.25) is 15.0 Å². The van der Waals surface area contributed by atoms with Crippen LogP contribution in [0.2, 0.25) is 0 Å². The Labute approximate surface area is 167 Å². The molecular formula is C22H21FN4O2. The van der Waals surface area contributed by atoms with E-state index < -0.39 is 17.5 Å². The van der Waals surface area contributed by atoms with Gasteiger partial charge in [-0.25, -0.2) is 4.39 Å². The summed E-state index contributed by atoms with van der Waals surface area (Å²) in [4.78, 5) is 31.8. The van der Waals surface area contributed by atoms with Crippen LogP contribution in [0.1, 0.15) is 21.5 Å². The summed E-state index contributed by atoms with van der Waals surface area (Å²) in [5.41, 5.74) is 2.21. The maximum Gasteiger partial charge on any atom is 0.295 e. The van der Waals surface area contributed by atoms with Crippen LogP contribution in [0.4, 0.5) is 4.39 Å². The lowest BCUT2D eigenvalue weighted by molar-refractivity contribution is -0.127. The first-order chi connectivity index (χ1) is 14.0. The van der Waals surface area contributed by atoms with Crippen LogP contribution >= 0.6 is 0 Å². The monoisotopic (exact) mass is 392 g/mol. The van der Waals surface area contributed by atoms with E-state index in [-0.39, 0.29) is 10.9 Å². The summed E-state index contributed by atoms with van der Waals surface area (Å²) in [6.45, 7) is 3.42. The van der Waals surface area contributed by atoms with Crippen molar-refractivity contribution in [2.45, 2.75) is 6.92 Å². The number of benzene rings is 2. The van der Waals surface area contributed by atoms with E-state index in [0.29, 0.717) is 37.5 Å². The van der Waals surface area contributed by atoms with Gasteiger partial charge in [0.1, 0.15) is 11.7 Å². The molecule has 1 fully saturated rings. The summed E-state index contributed by atoms with van der Waals surface area (Å²) >= 11 is 0. The number of carbonyl (C=O) groups excluding carboxylic acids is 2. The van der Waals surface area contributed by atoms with Gasteiger partial charge in [-0.1, -0.05) is 36.4 Å². The van der Waals surface area contributed by atoms with E-state index in [2.05, 4.69) is 4.98 Å². The van der Waals surface area contributed by atoms with Gasteiger partial charge in [0.05, 0.1) is 11.1 Å². The summed E-state index contributed by atoms with van der Waals surface area (Å²) < 4.78 is 14.3. The van der Waals surface area contributed by atoms with Crippen LogP contribution in [-0.4, -0.2) is 58.5 Å². The van der Waals surface area contributed by atoms with Crippen molar-refractivity contribution >= 4 is 28.4 Å². The minimum atomic E-state index is -0.715. The average molecular weight is 392 g/mol. The fourth-order valence-corrected chi connectivity index (χ4v) is 3.70. The Balaban J connectivity index is 1.47. The number of Topliss-reactive ketones (excluding diaryl/α,β-unsaturated/α-hetero) is 1. The zero-order chi connectivity index (χ0) is 20.5. The molecule has 0 spiro atoms. The van der Waals surface area contributed by atoms with Crippen LogP contribution in [-0.2, 0) is 4.79 Å². The molecule has 1 aliphatic heterocycles. The summed E-state index contributed by atoms with van der Waals surface area (Å²) in [6, 6.07) is 12.3. The number of aryl methyl sites for hydroxylation is 1. The number of rotatable bonds is 3. The SMILES string of the molecule is Cc1ccc(F)c2c(C(=O)C(=O)N3CCN(C(=N)c4ccccc4)CC3)c[nH]c12. The van der Waals surface area contributed by atoms with Gasteiger partial charge in [0, 0.05) is 43.3 Å². The molecule has 0 saturated carbocycles. The molecule has 0 radical (unpaired) electrons. The fraction of sp³-hybridized carbons (Fsp3) is 0.227. The molecule has 0 unspecified atom stereocenters. The Bertz CT molecular complexity index is 1100. The molecule has 3 aromatic rings. The summed E-state index contributed by atoms with van der Waals surface area (Å²) in [5, 5.41) is 8.50. The molecule has 1 amide bonds. The fourth-order valence-electron chi connectivity index (χ4n) is 3.70. The van der Waals surface area contributed by atoms with Crippen molar-refractivity contribution in [3.8, 4) is 0 Å². The number of halogens is 1. The molecule has 2 heterocycles. The Hall–Kier alpha value is -3.48. The van der Waals surface area contributed by atoms with Crippen molar-refractivity contribution in [3.05, 3.63) is 71.2 Å². The van der Waals surface area contributed by atoms with Crippen LogP contribution in [0.5, 0.6) is 0 Å². The average Bonchev–Trinajstić information content (AvgIpc) is 3.22. The van der Waals surface area contributed by atoms with Gasteiger partial charge in [0.2, 0.25) is 0 Å². The lowest BCUT2D eigenvalue weighted by atomic mass is 10.1. The summed E-state index contributed by atoms with van der Waals surface area (Å²) in [5.74, 6) is -1.48. The molecule has 4 rings (SSSR count). The highest BCUT2D eigenvalue weighted by molar-refractivity contribution is 6.45. The van der Waals surface area contributed by atoms with E-state index in [4.69, 9.17) is 5.41 Å². The van der Waals surface area contributed by atoms with Crippen molar-refractivity contribution in [1.29, 1.82) is 5.41 Å². The van der Waals surface area contributed by atoms with Crippen LogP contribution in [0.15, 0.2) is 48.7 Å². The third-order valence-electron chi connectivity index (χ3n) is 5.36. The quantitative estimate of drug-likeness (QED) is 0.311. The van der Waals surface area contributed by atoms with Crippen molar-refractivity contribution in [3.63, 3.8) is 0 Å². The number of hydrogen-bond donors (Lipinski definition) is 2. The highest BCUT2D eigenvalue weighted by atomic mass is 19.1. The molecular weight excluding hydrogens is 371 g/mol. The molecule has 148 valence electrons. The van der Waals surface area contributed by atoms with E-state index in [1.54, 1.807) is 6.07 Å². The predicted molar refractivity (Wildman–Crippen MR) is 109 cm³/mol. The Morgan fingerprint density at radius 2 is 1.66 bits per heavy atom. The van der Waals surface area contributed by atoms with Gasteiger partial charge in [0.15, 0.2) is 0 Å². The second-order valence-electron chi connectivity index (χ2n) is 7.14. The molecule has 0 aliphatic carbocycles. The molecule has 29 heavy (non-hydrogen) atoms. The van der Waals surface area contributed by atoms with Gasteiger partial charge in [-0.05, 0) is 18.6 Å². The Morgan fingerprint density at radius 1 is 1.00 bits per heavy atom. The number of nitrogens with one attached hydrogen (secondary N) is 2. The number of amidine groups is 1. The lowest BCUT2D eigenvalue weighted by Gasteiger charge is -2.35. The first-order valence-corrected chi connectivity index (χ1v) is 9.46. The second-order valence-corrected chi connectivity index (χ2v) is 7.14. The Morgan fingerprint density at radius 3 is 2.34 bits per heavy atom. The Kier molecular flexibility index (Phi) is 4.88. The van der Waals surface area contributed by atoms with E-state index >= 15 is 0 Å². The summed E-state index contributed by atoms with van der Waals surface area (Å²) in [7, 11) is 0. The first-order valence-electron chi connectivity index (χ1n) is 9.46. The molecule has 6 nitrogen and oxygen atoms in total. The molecule has 0 atom stereocenters. The van der Waals surface area contributed by atoms with Gasteiger partial charge in [-0.2, -0.15) is 0 Å². The van der Waals surface area contributed by atoms with Crippen molar-refractivity contribution < 1.29 is 14.0 Å². The van der Waals surface area contributed by atoms with E-state index in [9.17, 15) is 14.0 Å². The van der Waals surface area contributed by atoms with Crippen LogP contribution in [0.25, 0.3) is 10.9 Å². The second kappa shape index (κ2) is 7.50. The van der Waals surface area contributed by atoms with Gasteiger partial charge in [-0.15, -0.1) is 0 Å². The predicted octanol–water partition coefficient (Wildman–Crippen LogP) is 2.97. The number of amides is 1. The molecule has 0 bridgehead atoms. The molecule has 2 N–H and O–H groups in total. The maximum absolute atomic E-state index is 14.3. The van der Waals surface area contributed by atoms with Crippen molar-refractivity contribution in [1.82, 2.24) is 14.8 Å². The number of hydrogen-bond acceptors (Lipinski definition) is 3. The van der Waals surface area contributed by atoms with E-state index in [0.717, 1.165) is 11.1 Å². The number of aromatic amines is 1. The van der Waals surface area contributed by atoms with Crippen molar-refractivity contribution in [2.75, 3.05) is 26.2 Å². The molecule has 2 aromatic carbocycles. The third kappa shape index (κ3) is 3.40. The standard InChI is InChI=1S/C22H21FN4O2/c1-14-7-8-17(23)18-16(13-25-19(14)18)20(28)22(29)27-11-9-26(10-12-27)21(24)15-5-3-2-4-6-15/h2-8,13,24-25H,9-12H2,1H3. The third-order valence-corrected chi connectivity index (χ3v) is 5.36. The molecule has 1 aromatic heterocycles. The number of nitrogens with zero attached hydrogens (tertiary/aromatic N) is 2. The maximum atomic E-state index is 14.3. The largest absolute Gasteiger partial charge is 0.360 e. The number of ketones is 1. The van der Waals surface area contributed by atoms with Gasteiger partial charge < -0.3 is 14.8 Å². The van der Waals surface area contributed by atoms with E-state index in [1.807, 2.05) is 42.2 Å². The van der Waals surface area contributed by atoms with Crippen LogP contribution in [0.3, 0.4) is 0 Å². The topological polar surface area (TPSA) is 80.3 Å². The van der Waals surface area contributed by atoms with Crippen molar-refractivity contribution in [2.24, 2.45) is 0 Å². The molecule has 1 aliphatic rings. The number of piperazine rings is 1. The highest BCUT2D eigenvalue weighted by Gasteiger charge is 2.30. The van der Waals surface area contributed by atoms with Gasteiger partial charge >= 0.3 is 0 Å². The minimum absolute atomic E-state index is 0.0608. The first kappa shape index (κ1) is 18.9. The highest BCUT2D eigenvalue weighted by Crippen LogP contribution is 2.25. The van der Waals surface area contributed by atoms with Crippen LogP contribution < -0.4 is 0 Å².